The first kappa shape index (κ1) is 11.6. The first-order chi connectivity index (χ1) is 8.70. The van der Waals surface area contributed by atoms with Gasteiger partial charge in [-0.25, -0.2) is 0 Å². The Balaban J connectivity index is 1.85. The maximum absolute atomic E-state index is 12.6. The summed E-state index contributed by atoms with van der Waals surface area (Å²) in [6, 6.07) is 2.82. The van der Waals surface area contributed by atoms with Crippen molar-refractivity contribution in [3.63, 3.8) is 0 Å². The lowest BCUT2D eigenvalue weighted by molar-refractivity contribution is 0.0732. The van der Waals surface area contributed by atoms with E-state index in [4.69, 9.17) is 5.73 Å². The average molecular weight is 247 g/mol. The average Bonchev–Trinajstić information content (AvgIpc) is 3.24. The standard InChI is InChI=1S/C14H21N3O/c1-2-7-16(11-3-4-11)14(18)13-8-10(15)9-17(13)12-5-6-12/h8-9,11-12H,2-7,15H2,1H3. The molecule has 4 heteroatoms. The summed E-state index contributed by atoms with van der Waals surface area (Å²) in [5.74, 6) is 0.169. The number of carbonyl (C=O) groups excluding carboxylic acids is 1. The number of amides is 1. The Morgan fingerprint density at radius 3 is 2.72 bits per heavy atom. The largest absolute Gasteiger partial charge is 0.397 e. The topological polar surface area (TPSA) is 51.3 Å². The number of hydrogen-bond acceptors (Lipinski definition) is 2. The molecule has 0 unspecified atom stereocenters. The summed E-state index contributed by atoms with van der Waals surface area (Å²) in [4.78, 5) is 14.7. The Morgan fingerprint density at radius 2 is 2.17 bits per heavy atom. The molecule has 0 saturated heterocycles. The predicted molar refractivity (Wildman–Crippen MR) is 71.5 cm³/mol. The van der Waals surface area contributed by atoms with Crippen LogP contribution in [-0.4, -0.2) is 28.0 Å². The fourth-order valence-electron chi connectivity index (χ4n) is 2.55. The molecule has 2 aliphatic rings. The van der Waals surface area contributed by atoms with Crippen molar-refractivity contribution in [1.82, 2.24) is 9.47 Å². The predicted octanol–water partition coefficient (Wildman–Crippen LogP) is 2.42. The molecular weight excluding hydrogens is 226 g/mol. The number of rotatable bonds is 5. The number of nitrogens with zero attached hydrogens (tertiary/aromatic N) is 2. The molecule has 0 spiro atoms. The zero-order valence-corrected chi connectivity index (χ0v) is 10.9. The van der Waals surface area contributed by atoms with Crippen LogP contribution >= 0.6 is 0 Å². The van der Waals surface area contributed by atoms with Gasteiger partial charge in [-0.15, -0.1) is 0 Å². The Kier molecular flexibility index (Phi) is 2.80. The number of carbonyl (C=O) groups is 1. The molecule has 2 N–H and O–H groups in total. The second-order valence-corrected chi connectivity index (χ2v) is 5.53. The summed E-state index contributed by atoms with van der Waals surface area (Å²) in [7, 11) is 0. The van der Waals surface area contributed by atoms with Crippen LogP contribution in [0.5, 0.6) is 0 Å². The third kappa shape index (κ3) is 2.11. The van der Waals surface area contributed by atoms with Crippen molar-refractivity contribution in [2.24, 2.45) is 0 Å². The van der Waals surface area contributed by atoms with E-state index in [0.29, 0.717) is 17.8 Å². The van der Waals surface area contributed by atoms with Crippen LogP contribution in [0.25, 0.3) is 0 Å². The van der Waals surface area contributed by atoms with E-state index >= 15 is 0 Å². The lowest BCUT2D eigenvalue weighted by Crippen LogP contribution is -2.35. The van der Waals surface area contributed by atoms with Crippen LogP contribution < -0.4 is 5.73 Å². The molecule has 1 heterocycles. The van der Waals surface area contributed by atoms with Crippen LogP contribution in [0.3, 0.4) is 0 Å². The first-order valence-electron chi connectivity index (χ1n) is 6.99. The molecule has 0 radical (unpaired) electrons. The quantitative estimate of drug-likeness (QED) is 0.868. The molecular formula is C14H21N3O. The van der Waals surface area contributed by atoms with Crippen molar-refractivity contribution in [2.45, 2.75) is 51.1 Å². The Bertz CT molecular complexity index is 458. The van der Waals surface area contributed by atoms with Gasteiger partial charge >= 0.3 is 0 Å². The Hall–Kier alpha value is -1.45. The fraction of sp³-hybridized carbons (Fsp3) is 0.643. The van der Waals surface area contributed by atoms with Crippen molar-refractivity contribution in [2.75, 3.05) is 12.3 Å². The minimum Gasteiger partial charge on any atom is -0.397 e. The minimum absolute atomic E-state index is 0.169. The van der Waals surface area contributed by atoms with Crippen LogP contribution in [-0.2, 0) is 0 Å². The van der Waals surface area contributed by atoms with E-state index < -0.39 is 0 Å². The molecule has 0 atom stereocenters. The molecule has 2 aliphatic carbocycles. The van der Waals surface area contributed by atoms with Crippen molar-refractivity contribution in [1.29, 1.82) is 0 Å². The summed E-state index contributed by atoms with van der Waals surface area (Å²) in [6.45, 7) is 2.98. The van der Waals surface area contributed by atoms with E-state index in [2.05, 4.69) is 11.5 Å². The summed E-state index contributed by atoms with van der Waals surface area (Å²) in [5.41, 5.74) is 7.35. The Labute approximate surface area is 108 Å². The van der Waals surface area contributed by atoms with Gasteiger partial charge in [0.15, 0.2) is 0 Å². The van der Waals surface area contributed by atoms with Gasteiger partial charge in [-0.1, -0.05) is 6.92 Å². The van der Waals surface area contributed by atoms with Crippen molar-refractivity contribution in [3.8, 4) is 0 Å². The van der Waals surface area contributed by atoms with Gasteiger partial charge in [-0.3, -0.25) is 4.79 Å². The van der Waals surface area contributed by atoms with Gasteiger partial charge in [-0.2, -0.15) is 0 Å². The zero-order chi connectivity index (χ0) is 12.7. The molecule has 1 aromatic heterocycles. The van der Waals surface area contributed by atoms with Crippen LogP contribution in [0, 0.1) is 0 Å². The van der Waals surface area contributed by atoms with Crippen LogP contribution in [0.2, 0.25) is 0 Å². The summed E-state index contributed by atoms with van der Waals surface area (Å²) in [6.07, 6.45) is 7.59. The minimum atomic E-state index is 0.169. The highest BCUT2D eigenvalue weighted by Gasteiger charge is 2.35. The molecule has 0 bridgehead atoms. The maximum atomic E-state index is 12.6. The molecule has 2 saturated carbocycles. The lowest BCUT2D eigenvalue weighted by atomic mass is 10.3. The molecule has 0 aliphatic heterocycles. The van der Waals surface area contributed by atoms with Crippen molar-refractivity contribution in [3.05, 3.63) is 18.0 Å². The number of anilines is 1. The van der Waals surface area contributed by atoms with Gasteiger partial charge in [0, 0.05) is 24.8 Å². The Morgan fingerprint density at radius 1 is 1.44 bits per heavy atom. The zero-order valence-electron chi connectivity index (χ0n) is 10.9. The molecule has 0 aromatic carbocycles. The third-order valence-corrected chi connectivity index (χ3v) is 3.74. The third-order valence-electron chi connectivity index (χ3n) is 3.74. The molecule has 4 nitrogen and oxygen atoms in total. The lowest BCUT2D eigenvalue weighted by Gasteiger charge is -2.22. The van der Waals surface area contributed by atoms with E-state index in [1.165, 1.54) is 12.8 Å². The maximum Gasteiger partial charge on any atom is 0.270 e. The van der Waals surface area contributed by atoms with E-state index in [0.717, 1.165) is 31.5 Å². The van der Waals surface area contributed by atoms with Gasteiger partial charge in [0.25, 0.3) is 5.91 Å². The highest BCUT2D eigenvalue weighted by molar-refractivity contribution is 5.94. The fourth-order valence-corrected chi connectivity index (χ4v) is 2.55. The van der Waals surface area contributed by atoms with Gasteiger partial charge in [0.2, 0.25) is 0 Å². The van der Waals surface area contributed by atoms with Crippen LogP contribution in [0.15, 0.2) is 12.3 Å². The first-order valence-corrected chi connectivity index (χ1v) is 6.99. The summed E-state index contributed by atoms with van der Waals surface area (Å²) in [5, 5.41) is 0. The highest BCUT2D eigenvalue weighted by Crippen LogP contribution is 2.38. The van der Waals surface area contributed by atoms with Crippen LogP contribution in [0.4, 0.5) is 5.69 Å². The number of nitrogen functional groups attached to an aromatic ring is 1. The van der Waals surface area contributed by atoms with E-state index in [1.807, 2.05) is 17.2 Å². The SMILES string of the molecule is CCCN(C(=O)c1cc(N)cn1C1CC1)C1CC1. The number of aromatic nitrogens is 1. The summed E-state index contributed by atoms with van der Waals surface area (Å²) >= 11 is 0. The smallest absolute Gasteiger partial charge is 0.270 e. The number of nitrogens with two attached hydrogens (primary N) is 1. The van der Waals surface area contributed by atoms with E-state index in [1.54, 1.807) is 0 Å². The molecule has 3 rings (SSSR count). The molecule has 2 fully saturated rings. The van der Waals surface area contributed by atoms with Gasteiger partial charge < -0.3 is 15.2 Å². The van der Waals surface area contributed by atoms with E-state index in [-0.39, 0.29) is 5.91 Å². The molecule has 18 heavy (non-hydrogen) atoms. The molecule has 1 aromatic rings. The second-order valence-electron chi connectivity index (χ2n) is 5.53. The summed E-state index contributed by atoms with van der Waals surface area (Å²) < 4.78 is 2.09. The van der Waals surface area contributed by atoms with Gasteiger partial charge in [0.1, 0.15) is 5.69 Å². The number of hydrogen-bond donors (Lipinski definition) is 1. The van der Waals surface area contributed by atoms with Gasteiger partial charge in [0.05, 0.1) is 5.69 Å². The molecule has 98 valence electrons. The van der Waals surface area contributed by atoms with Crippen LogP contribution in [0.1, 0.15) is 55.6 Å². The van der Waals surface area contributed by atoms with Gasteiger partial charge in [-0.05, 0) is 38.2 Å². The monoisotopic (exact) mass is 247 g/mol. The normalized spacial score (nSPS) is 18.9. The highest BCUT2D eigenvalue weighted by atomic mass is 16.2. The van der Waals surface area contributed by atoms with Crippen molar-refractivity contribution < 1.29 is 4.79 Å². The van der Waals surface area contributed by atoms with E-state index in [9.17, 15) is 4.79 Å². The molecule has 1 amide bonds. The second kappa shape index (κ2) is 4.34. The van der Waals surface area contributed by atoms with Crippen molar-refractivity contribution >= 4 is 11.6 Å².